The summed E-state index contributed by atoms with van der Waals surface area (Å²) in [5.41, 5.74) is 0.744. The predicted molar refractivity (Wildman–Crippen MR) is 73.1 cm³/mol. The van der Waals surface area contributed by atoms with Crippen LogP contribution in [-0.4, -0.2) is 6.61 Å². The SMILES string of the molecule is CCOc1ccc(-c2ccc(C(F)(F)F)cc2)cc1Cl. The Hall–Kier alpha value is -1.68. The van der Waals surface area contributed by atoms with Crippen LogP contribution in [0.5, 0.6) is 5.75 Å². The molecule has 0 heterocycles. The Morgan fingerprint density at radius 3 is 2.10 bits per heavy atom. The van der Waals surface area contributed by atoms with Crippen LogP contribution >= 0.6 is 11.6 Å². The van der Waals surface area contributed by atoms with Crippen LogP contribution in [0.25, 0.3) is 11.1 Å². The molecule has 0 aliphatic carbocycles. The molecule has 20 heavy (non-hydrogen) atoms. The third kappa shape index (κ3) is 3.25. The number of halogens is 4. The van der Waals surface area contributed by atoms with Gasteiger partial charge in [0.05, 0.1) is 17.2 Å². The Morgan fingerprint density at radius 1 is 1.00 bits per heavy atom. The van der Waals surface area contributed by atoms with Crippen molar-refractivity contribution in [2.75, 3.05) is 6.61 Å². The molecular weight excluding hydrogens is 289 g/mol. The molecule has 0 saturated heterocycles. The first kappa shape index (κ1) is 14.7. The molecule has 0 atom stereocenters. The number of ether oxygens (including phenoxy) is 1. The van der Waals surface area contributed by atoms with E-state index in [-0.39, 0.29) is 0 Å². The van der Waals surface area contributed by atoms with E-state index in [1.807, 2.05) is 6.92 Å². The van der Waals surface area contributed by atoms with Crippen molar-refractivity contribution in [3.05, 3.63) is 53.1 Å². The van der Waals surface area contributed by atoms with Gasteiger partial charge in [0.2, 0.25) is 0 Å². The molecule has 0 radical (unpaired) electrons. The van der Waals surface area contributed by atoms with E-state index in [1.165, 1.54) is 12.1 Å². The van der Waals surface area contributed by atoms with Crippen LogP contribution < -0.4 is 4.74 Å². The van der Waals surface area contributed by atoms with Gasteiger partial charge in [0, 0.05) is 0 Å². The smallest absolute Gasteiger partial charge is 0.416 e. The van der Waals surface area contributed by atoms with E-state index in [0.717, 1.165) is 17.7 Å². The molecule has 0 spiro atoms. The molecule has 0 aliphatic rings. The topological polar surface area (TPSA) is 9.23 Å². The summed E-state index contributed by atoms with van der Waals surface area (Å²) in [5.74, 6) is 0.560. The van der Waals surface area contributed by atoms with Gasteiger partial charge in [0.25, 0.3) is 0 Å². The number of hydrogen-bond acceptors (Lipinski definition) is 1. The van der Waals surface area contributed by atoms with Crippen molar-refractivity contribution in [1.82, 2.24) is 0 Å². The number of rotatable bonds is 3. The van der Waals surface area contributed by atoms with Gasteiger partial charge in [-0.3, -0.25) is 0 Å². The number of benzene rings is 2. The molecule has 0 fully saturated rings. The van der Waals surface area contributed by atoms with E-state index < -0.39 is 11.7 Å². The Balaban J connectivity index is 2.30. The zero-order chi connectivity index (χ0) is 14.8. The van der Waals surface area contributed by atoms with Crippen LogP contribution in [0.2, 0.25) is 5.02 Å². The largest absolute Gasteiger partial charge is 0.492 e. The normalized spacial score (nSPS) is 11.4. The molecule has 2 aromatic rings. The number of alkyl halides is 3. The quantitative estimate of drug-likeness (QED) is 0.735. The molecule has 106 valence electrons. The lowest BCUT2D eigenvalue weighted by Crippen LogP contribution is -2.03. The highest BCUT2D eigenvalue weighted by atomic mass is 35.5. The van der Waals surface area contributed by atoms with Crippen LogP contribution in [-0.2, 0) is 6.18 Å². The minimum atomic E-state index is -4.32. The molecule has 1 nitrogen and oxygen atoms in total. The molecule has 0 aliphatic heterocycles. The maximum atomic E-state index is 12.5. The second-order valence-corrected chi connectivity index (χ2v) is 4.56. The third-order valence-corrected chi connectivity index (χ3v) is 3.07. The Morgan fingerprint density at radius 2 is 1.60 bits per heavy atom. The lowest BCUT2D eigenvalue weighted by Gasteiger charge is -2.10. The molecule has 2 rings (SSSR count). The maximum absolute atomic E-state index is 12.5. The van der Waals surface area contributed by atoms with E-state index in [0.29, 0.717) is 22.9 Å². The minimum absolute atomic E-state index is 0.434. The van der Waals surface area contributed by atoms with Crippen molar-refractivity contribution in [1.29, 1.82) is 0 Å². The molecule has 0 aromatic heterocycles. The van der Waals surface area contributed by atoms with Gasteiger partial charge in [-0.15, -0.1) is 0 Å². The molecule has 0 bridgehead atoms. The predicted octanol–water partition coefficient (Wildman–Crippen LogP) is 5.42. The first-order valence-corrected chi connectivity index (χ1v) is 6.39. The molecule has 0 N–H and O–H groups in total. The highest BCUT2D eigenvalue weighted by molar-refractivity contribution is 6.32. The van der Waals surface area contributed by atoms with Crippen LogP contribution in [0.4, 0.5) is 13.2 Å². The summed E-state index contributed by atoms with van der Waals surface area (Å²) in [7, 11) is 0. The summed E-state index contributed by atoms with van der Waals surface area (Å²) < 4.78 is 42.8. The summed E-state index contributed by atoms with van der Waals surface area (Å²) >= 11 is 6.06. The van der Waals surface area contributed by atoms with E-state index in [1.54, 1.807) is 18.2 Å². The Bertz CT molecular complexity index is 591. The van der Waals surface area contributed by atoms with Crippen molar-refractivity contribution in [3.8, 4) is 16.9 Å². The molecular formula is C15H12ClF3O. The fourth-order valence-corrected chi connectivity index (χ4v) is 2.04. The molecule has 5 heteroatoms. The maximum Gasteiger partial charge on any atom is 0.416 e. The lowest BCUT2D eigenvalue weighted by molar-refractivity contribution is -0.137. The summed E-state index contributed by atoms with van der Waals surface area (Å²) in [6, 6.07) is 10.1. The van der Waals surface area contributed by atoms with E-state index in [2.05, 4.69) is 0 Å². The van der Waals surface area contributed by atoms with Crippen LogP contribution in [0.15, 0.2) is 42.5 Å². The Labute approximate surface area is 119 Å². The van der Waals surface area contributed by atoms with Crippen molar-refractivity contribution in [2.45, 2.75) is 13.1 Å². The summed E-state index contributed by atoms with van der Waals surface area (Å²) in [5, 5.41) is 0.434. The number of hydrogen-bond donors (Lipinski definition) is 0. The van der Waals surface area contributed by atoms with Gasteiger partial charge in [-0.25, -0.2) is 0 Å². The average Bonchev–Trinajstić information content (AvgIpc) is 2.40. The van der Waals surface area contributed by atoms with Crippen molar-refractivity contribution < 1.29 is 17.9 Å². The monoisotopic (exact) mass is 300 g/mol. The standard InChI is InChI=1S/C15H12ClF3O/c1-2-20-14-8-5-11(9-13(14)16)10-3-6-12(7-4-10)15(17,18)19/h3-9H,2H2,1H3. The molecule has 0 unspecified atom stereocenters. The van der Waals surface area contributed by atoms with Crippen molar-refractivity contribution in [3.63, 3.8) is 0 Å². The summed E-state index contributed by atoms with van der Waals surface area (Å²) in [6.07, 6.45) is -4.32. The van der Waals surface area contributed by atoms with Gasteiger partial charge in [0.15, 0.2) is 0 Å². The summed E-state index contributed by atoms with van der Waals surface area (Å²) in [4.78, 5) is 0. The average molecular weight is 301 g/mol. The van der Waals surface area contributed by atoms with Gasteiger partial charge in [-0.1, -0.05) is 29.8 Å². The van der Waals surface area contributed by atoms with Crippen LogP contribution in [0, 0.1) is 0 Å². The molecule has 0 saturated carbocycles. The van der Waals surface area contributed by atoms with Gasteiger partial charge in [-0.05, 0) is 42.3 Å². The van der Waals surface area contributed by atoms with Gasteiger partial charge in [-0.2, -0.15) is 13.2 Å². The fraction of sp³-hybridized carbons (Fsp3) is 0.200. The lowest BCUT2D eigenvalue weighted by atomic mass is 10.0. The minimum Gasteiger partial charge on any atom is -0.492 e. The van der Waals surface area contributed by atoms with Crippen LogP contribution in [0.3, 0.4) is 0 Å². The van der Waals surface area contributed by atoms with Crippen molar-refractivity contribution in [2.24, 2.45) is 0 Å². The van der Waals surface area contributed by atoms with Crippen molar-refractivity contribution >= 4 is 11.6 Å². The second-order valence-electron chi connectivity index (χ2n) is 4.15. The first-order valence-electron chi connectivity index (χ1n) is 6.02. The zero-order valence-corrected chi connectivity index (χ0v) is 11.4. The van der Waals surface area contributed by atoms with Crippen LogP contribution in [0.1, 0.15) is 12.5 Å². The molecule has 2 aromatic carbocycles. The van der Waals surface area contributed by atoms with E-state index in [9.17, 15) is 13.2 Å². The van der Waals surface area contributed by atoms with Gasteiger partial charge in [0.1, 0.15) is 5.75 Å². The summed E-state index contributed by atoms with van der Waals surface area (Å²) in [6.45, 7) is 2.35. The van der Waals surface area contributed by atoms with E-state index >= 15 is 0 Å². The highest BCUT2D eigenvalue weighted by Gasteiger charge is 2.29. The van der Waals surface area contributed by atoms with E-state index in [4.69, 9.17) is 16.3 Å². The zero-order valence-electron chi connectivity index (χ0n) is 10.7. The first-order chi connectivity index (χ1) is 9.41. The fourth-order valence-electron chi connectivity index (χ4n) is 1.80. The van der Waals surface area contributed by atoms with Gasteiger partial charge < -0.3 is 4.74 Å². The second kappa shape index (κ2) is 5.75. The molecule has 0 amide bonds. The third-order valence-electron chi connectivity index (χ3n) is 2.78. The highest BCUT2D eigenvalue weighted by Crippen LogP contribution is 2.33. The van der Waals surface area contributed by atoms with Gasteiger partial charge >= 0.3 is 6.18 Å². The Kier molecular flexibility index (Phi) is 4.23.